The first-order valence-corrected chi connectivity index (χ1v) is 9.19. The maximum atomic E-state index is 11.6. The van der Waals surface area contributed by atoms with E-state index in [9.17, 15) is 4.79 Å². The number of hydrogen-bond acceptors (Lipinski definition) is 2. The van der Waals surface area contributed by atoms with E-state index < -0.39 is 0 Å². The molecule has 0 atom stereocenters. The Kier molecular flexibility index (Phi) is 6.63. The lowest BCUT2D eigenvalue weighted by atomic mass is 10.0. The second-order valence-corrected chi connectivity index (χ2v) is 6.08. The van der Waals surface area contributed by atoms with Crippen molar-refractivity contribution in [2.24, 2.45) is 0 Å². The number of fused-ring (bicyclic) bond motifs is 3. The van der Waals surface area contributed by atoms with Gasteiger partial charge in [0.15, 0.2) is 0 Å². The zero-order valence-corrected chi connectivity index (χ0v) is 16.1. The monoisotopic (exact) mass is 339 g/mol. The SMILES string of the molecule is CC.CCc1ccc2c(c1)c1c(n2CCC(=O)OC)C=CCC(C)=C1. The van der Waals surface area contributed by atoms with E-state index >= 15 is 0 Å². The fourth-order valence-electron chi connectivity index (χ4n) is 3.21. The van der Waals surface area contributed by atoms with Gasteiger partial charge in [-0.05, 0) is 43.5 Å². The van der Waals surface area contributed by atoms with Crippen LogP contribution in [-0.4, -0.2) is 17.6 Å². The van der Waals surface area contributed by atoms with Gasteiger partial charge in [-0.15, -0.1) is 0 Å². The highest BCUT2D eigenvalue weighted by molar-refractivity contribution is 5.95. The number of aryl methyl sites for hydroxylation is 2. The number of carbonyl (C=O) groups excluding carboxylic acids is 1. The van der Waals surface area contributed by atoms with E-state index in [0.29, 0.717) is 13.0 Å². The van der Waals surface area contributed by atoms with Gasteiger partial charge >= 0.3 is 5.97 Å². The number of aromatic nitrogens is 1. The smallest absolute Gasteiger partial charge is 0.307 e. The summed E-state index contributed by atoms with van der Waals surface area (Å²) in [6, 6.07) is 6.64. The number of carbonyl (C=O) groups is 1. The van der Waals surface area contributed by atoms with E-state index in [2.05, 4.69) is 54.8 Å². The Morgan fingerprint density at radius 3 is 2.72 bits per heavy atom. The van der Waals surface area contributed by atoms with Gasteiger partial charge in [0.2, 0.25) is 0 Å². The van der Waals surface area contributed by atoms with Gasteiger partial charge < -0.3 is 9.30 Å². The second kappa shape index (κ2) is 8.70. The summed E-state index contributed by atoms with van der Waals surface area (Å²) in [6.45, 7) is 8.98. The van der Waals surface area contributed by atoms with Crippen LogP contribution < -0.4 is 0 Å². The highest BCUT2D eigenvalue weighted by Gasteiger charge is 2.16. The standard InChI is InChI=1S/C20H23NO2.C2H6/c1-4-15-8-9-19-17(13-15)16-12-14(2)6-5-7-18(16)21(19)11-10-20(22)23-3;1-2/h5,7-9,12-13H,4,6,10-11H2,1-3H3;1-2H3. The summed E-state index contributed by atoms with van der Waals surface area (Å²) < 4.78 is 7.04. The fraction of sp³-hybridized carbons (Fsp3) is 0.409. The lowest BCUT2D eigenvalue weighted by Gasteiger charge is -2.08. The third-order valence-corrected chi connectivity index (χ3v) is 4.49. The highest BCUT2D eigenvalue weighted by atomic mass is 16.5. The van der Waals surface area contributed by atoms with E-state index in [-0.39, 0.29) is 5.97 Å². The maximum absolute atomic E-state index is 11.6. The zero-order valence-electron chi connectivity index (χ0n) is 16.1. The van der Waals surface area contributed by atoms with Crippen molar-refractivity contribution in [3.8, 4) is 0 Å². The molecular formula is C22H29NO2. The van der Waals surface area contributed by atoms with Crippen molar-refractivity contribution in [2.75, 3.05) is 7.11 Å². The number of benzene rings is 1. The normalized spacial score (nSPS) is 12.8. The molecule has 0 saturated heterocycles. The molecule has 1 aliphatic carbocycles. The van der Waals surface area contributed by atoms with Crippen molar-refractivity contribution in [3.05, 3.63) is 46.7 Å². The van der Waals surface area contributed by atoms with Crippen molar-refractivity contribution < 1.29 is 9.53 Å². The number of hydrogen-bond donors (Lipinski definition) is 0. The summed E-state index contributed by atoms with van der Waals surface area (Å²) in [5.74, 6) is -0.171. The summed E-state index contributed by atoms with van der Waals surface area (Å²) >= 11 is 0. The van der Waals surface area contributed by atoms with E-state index in [0.717, 1.165) is 12.8 Å². The Labute approximate surface area is 151 Å². The van der Waals surface area contributed by atoms with E-state index in [1.54, 1.807) is 0 Å². The van der Waals surface area contributed by atoms with Gasteiger partial charge in [-0.1, -0.05) is 44.6 Å². The van der Waals surface area contributed by atoms with Gasteiger partial charge in [-0.3, -0.25) is 4.79 Å². The van der Waals surface area contributed by atoms with Crippen LogP contribution in [-0.2, 0) is 22.5 Å². The van der Waals surface area contributed by atoms with E-state index in [1.165, 1.54) is 40.4 Å². The number of esters is 1. The molecule has 1 aliphatic rings. The minimum atomic E-state index is -0.171. The first-order valence-electron chi connectivity index (χ1n) is 9.19. The predicted molar refractivity (Wildman–Crippen MR) is 107 cm³/mol. The molecule has 0 aliphatic heterocycles. The highest BCUT2D eigenvalue weighted by Crippen LogP contribution is 2.33. The van der Waals surface area contributed by atoms with Gasteiger partial charge in [0.25, 0.3) is 0 Å². The molecule has 0 amide bonds. The van der Waals surface area contributed by atoms with Crippen LogP contribution in [0.3, 0.4) is 0 Å². The van der Waals surface area contributed by atoms with Gasteiger partial charge in [0.1, 0.15) is 0 Å². The minimum Gasteiger partial charge on any atom is -0.469 e. The largest absolute Gasteiger partial charge is 0.469 e. The van der Waals surface area contributed by atoms with Gasteiger partial charge in [0.05, 0.1) is 13.5 Å². The lowest BCUT2D eigenvalue weighted by Crippen LogP contribution is -2.08. The summed E-state index contributed by atoms with van der Waals surface area (Å²) in [5.41, 5.74) is 6.34. The molecule has 3 nitrogen and oxygen atoms in total. The van der Waals surface area contributed by atoms with E-state index in [4.69, 9.17) is 4.74 Å². The van der Waals surface area contributed by atoms with Crippen LogP contribution in [0.2, 0.25) is 0 Å². The summed E-state index contributed by atoms with van der Waals surface area (Å²) in [7, 11) is 1.44. The Balaban J connectivity index is 0.00000109. The van der Waals surface area contributed by atoms with Crippen LogP contribution in [0.15, 0.2) is 29.8 Å². The molecule has 0 fully saturated rings. The second-order valence-electron chi connectivity index (χ2n) is 6.08. The quantitative estimate of drug-likeness (QED) is 0.678. The Morgan fingerprint density at radius 1 is 1.28 bits per heavy atom. The third-order valence-electron chi connectivity index (χ3n) is 4.49. The molecule has 2 aromatic rings. The molecule has 0 unspecified atom stereocenters. The van der Waals surface area contributed by atoms with Crippen LogP contribution >= 0.6 is 0 Å². The first-order chi connectivity index (χ1) is 12.1. The lowest BCUT2D eigenvalue weighted by molar-refractivity contribution is -0.140. The molecule has 0 radical (unpaired) electrons. The Morgan fingerprint density at radius 2 is 2.04 bits per heavy atom. The molecule has 3 heteroatoms. The molecule has 25 heavy (non-hydrogen) atoms. The molecule has 0 saturated carbocycles. The van der Waals surface area contributed by atoms with Crippen molar-refractivity contribution in [1.82, 2.24) is 4.57 Å². The molecule has 1 heterocycles. The predicted octanol–water partition coefficient (Wildman–Crippen LogP) is 5.61. The van der Waals surface area contributed by atoms with Crippen molar-refractivity contribution in [3.63, 3.8) is 0 Å². The molecular weight excluding hydrogens is 310 g/mol. The fourth-order valence-corrected chi connectivity index (χ4v) is 3.21. The number of nitrogens with zero attached hydrogens (tertiary/aromatic N) is 1. The first kappa shape index (κ1) is 19.0. The van der Waals surface area contributed by atoms with E-state index in [1.807, 2.05) is 13.8 Å². The minimum absolute atomic E-state index is 0.171. The average Bonchev–Trinajstić information content (AvgIpc) is 2.79. The van der Waals surface area contributed by atoms with Crippen molar-refractivity contribution >= 4 is 29.0 Å². The Hall–Kier alpha value is -2.29. The molecule has 0 N–H and O–H groups in total. The number of methoxy groups -OCH3 is 1. The number of rotatable bonds is 4. The topological polar surface area (TPSA) is 31.2 Å². The van der Waals surface area contributed by atoms with Gasteiger partial charge in [-0.2, -0.15) is 0 Å². The number of ether oxygens (including phenoxy) is 1. The van der Waals surface area contributed by atoms with Crippen LogP contribution in [0.25, 0.3) is 23.1 Å². The molecule has 0 bridgehead atoms. The molecule has 1 aromatic carbocycles. The summed E-state index contributed by atoms with van der Waals surface area (Å²) in [6.07, 6.45) is 9.05. The van der Waals surface area contributed by atoms with Gasteiger partial charge in [-0.25, -0.2) is 0 Å². The molecule has 3 rings (SSSR count). The van der Waals surface area contributed by atoms with Crippen LogP contribution in [0, 0.1) is 0 Å². The van der Waals surface area contributed by atoms with Crippen molar-refractivity contribution in [2.45, 2.75) is 53.5 Å². The van der Waals surface area contributed by atoms with Crippen LogP contribution in [0.4, 0.5) is 0 Å². The summed E-state index contributed by atoms with van der Waals surface area (Å²) in [5, 5.41) is 1.27. The van der Waals surface area contributed by atoms with Crippen molar-refractivity contribution in [1.29, 1.82) is 0 Å². The Bertz CT molecular complexity index is 809. The molecule has 134 valence electrons. The average molecular weight is 339 g/mol. The summed E-state index contributed by atoms with van der Waals surface area (Å²) in [4.78, 5) is 11.6. The molecule has 0 spiro atoms. The van der Waals surface area contributed by atoms with Crippen LogP contribution in [0.1, 0.15) is 57.4 Å². The van der Waals surface area contributed by atoms with Gasteiger partial charge in [0, 0.05) is 28.7 Å². The van der Waals surface area contributed by atoms with Crippen LogP contribution in [0.5, 0.6) is 0 Å². The maximum Gasteiger partial charge on any atom is 0.307 e. The third kappa shape index (κ3) is 4.04. The zero-order chi connectivity index (χ0) is 18.4. The molecule has 1 aromatic heterocycles. The number of allylic oxidation sites excluding steroid dienone is 2.